The number of hydrogen-bond donors (Lipinski definition) is 2. The lowest BCUT2D eigenvalue weighted by atomic mass is 10.1. The van der Waals surface area contributed by atoms with Gasteiger partial charge in [0.05, 0.1) is 10.9 Å². The van der Waals surface area contributed by atoms with E-state index in [2.05, 4.69) is 15.4 Å². The molecule has 0 unspecified atom stereocenters. The number of aromatic nitrogens is 3. The zero-order chi connectivity index (χ0) is 19.8. The Morgan fingerprint density at radius 2 is 1.96 bits per heavy atom. The van der Waals surface area contributed by atoms with Gasteiger partial charge in [0.1, 0.15) is 5.82 Å². The predicted octanol–water partition coefficient (Wildman–Crippen LogP) is 3.81. The lowest BCUT2D eigenvalue weighted by Gasteiger charge is -2.13. The molecule has 1 aromatic carbocycles. The van der Waals surface area contributed by atoms with Crippen LogP contribution in [0.1, 0.15) is 28.2 Å². The second-order valence-corrected chi connectivity index (χ2v) is 7.17. The maximum atomic E-state index is 14.2. The number of pyridine rings is 1. The predicted molar refractivity (Wildman–Crippen MR) is 103 cm³/mol. The lowest BCUT2D eigenvalue weighted by molar-refractivity contribution is 0.0944. The van der Waals surface area contributed by atoms with E-state index in [-0.39, 0.29) is 29.4 Å². The number of nitrogens with two attached hydrogens (primary N) is 1. The average Bonchev–Trinajstić information content (AvgIpc) is 3.28. The van der Waals surface area contributed by atoms with Crippen molar-refractivity contribution in [3.63, 3.8) is 0 Å². The number of rotatable bonds is 4. The average molecular weight is 399 g/mol. The summed E-state index contributed by atoms with van der Waals surface area (Å²) in [4.78, 5) is 16.8. The molecule has 0 bridgehead atoms. The molecule has 0 radical (unpaired) electrons. The van der Waals surface area contributed by atoms with E-state index in [9.17, 15) is 13.6 Å². The molecule has 4 rings (SSSR count). The highest BCUT2D eigenvalue weighted by molar-refractivity contribution is 7.12. The fourth-order valence-corrected chi connectivity index (χ4v) is 3.65. The van der Waals surface area contributed by atoms with Gasteiger partial charge >= 0.3 is 0 Å². The lowest BCUT2D eigenvalue weighted by Crippen LogP contribution is -2.25. The van der Waals surface area contributed by atoms with E-state index in [0.717, 1.165) is 5.56 Å². The van der Waals surface area contributed by atoms with Gasteiger partial charge in [0, 0.05) is 11.8 Å². The van der Waals surface area contributed by atoms with E-state index >= 15 is 0 Å². The largest absolute Gasteiger partial charge is 0.366 e. The number of carbonyl (C=O) groups is 1. The summed E-state index contributed by atoms with van der Waals surface area (Å²) in [6, 6.07) is 8.67. The van der Waals surface area contributed by atoms with Crippen LogP contribution in [0, 0.1) is 11.6 Å². The molecule has 4 aromatic rings. The Bertz CT molecular complexity index is 1170. The van der Waals surface area contributed by atoms with Crippen molar-refractivity contribution < 1.29 is 13.6 Å². The zero-order valence-electron chi connectivity index (χ0n) is 14.7. The summed E-state index contributed by atoms with van der Waals surface area (Å²) < 4.78 is 28.5. The molecule has 0 spiro atoms. The Morgan fingerprint density at radius 1 is 1.21 bits per heavy atom. The van der Waals surface area contributed by atoms with Crippen LogP contribution < -0.4 is 11.1 Å². The highest BCUT2D eigenvalue weighted by atomic mass is 32.1. The summed E-state index contributed by atoms with van der Waals surface area (Å²) in [6.07, 6.45) is 1.60. The Hall–Kier alpha value is -3.33. The fourth-order valence-electron chi connectivity index (χ4n) is 2.83. The van der Waals surface area contributed by atoms with Crippen LogP contribution in [0.25, 0.3) is 16.8 Å². The number of nitrogen functional groups attached to an aromatic ring is 1. The Balaban J connectivity index is 1.55. The van der Waals surface area contributed by atoms with Crippen molar-refractivity contribution in [1.29, 1.82) is 0 Å². The highest BCUT2D eigenvalue weighted by Gasteiger charge is 2.16. The zero-order valence-corrected chi connectivity index (χ0v) is 15.5. The normalized spacial score (nSPS) is 12.2. The third-order valence-corrected chi connectivity index (χ3v) is 5.21. The van der Waals surface area contributed by atoms with Crippen LogP contribution in [0.3, 0.4) is 0 Å². The molecule has 28 heavy (non-hydrogen) atoms. The third-order valence-electron chi connectivity index (χ3n) is 4.28. The van der Waals surface area contributed by atoms with Crippen LogP contribution in [-0.2, 0) is 0 Å². The molecule has 9 heteroatoms. The highest BCUT2D eigenvalue weighted by Crippen LogP contribution is 2.27. The standard InChI is InChI=1S/C19H15F2N5OS/c1-10(11-2-4-14(20)5-3-11)23-18(27)16-7-13(9-28-16)12-6-15(21)17-24-19(22)25-26(17)8-12/h2-10H,1H3,(H2,22,25)(H,23,27)/t10-/m0/s1. The molecule has 1 atom stereocenters. The first-order chi connectivity index (χ1) is 13.4. The number of halogens is 2. The van der Waals surface area contributed by atoms with Crippen LogP contribution in [-0.4, -0.2) is 20.5 Å². The molecule has 0 aliphatic heterocycles. The molecule has 0 fully saturated rings. The molecular weight excluding hydrogens is 384 g/mol. The number of fused-ring (bicyclic) bond motifs is 1. The molecule has 6 nitrogen and oxygen atoms in total. The van der Waals surface area contributed by atoms with Gasteiger partial charge in [-0.25, -0.2) is 13.3 Å². The van der Waals surface area contributed by atoms with Crippen molar-refractivity contribution in [2.45, 2.75) is 13.0 Å². The van der Waals surface area contributed by atoms with Gasteiger partial charge in [0.2, 0.25) is 5.95 Å². The molecule has 0 aliphatic carbocycles. The molecule has 3 N–H and O–H groups in total. The summed E-state index contributed by atoms with van der Waals surface area (Å²) >= 11 is 1.24. The molecule has 0 saturated heterocycles. The first-order valence-electron chi connectivity index (χ1n) is 8.37. The molecule has 3 heterocycles. The van der Waals surface area contributed by atoms with Crippen molar-refractivity contribution >= 4 is 28.8 Å². The molecule has 142 valence electrons. The maximum absolute atomic E-state index is 14.2. The van der Waals surface area contributed by atoms with E-state index in [0.29, 0.717) is 16.0 Å². The Morgan fingerprint density at radius 3 is 2.71 bits per heavy atom. The van der Waals surface area contributed by atoms with Crippen LogP contribution in [0.15, 0.2) is 48.0 Å². The second kappa shape index (κ2) is 7.01. The van der Waals surface area contributed by atoms with Crippen LogP contribution in [0.5, 0.6) is 0 Å². The number of thiophene rings is 1. The smallest absolute Gasteiger partial charge is 0.261 e. The van der Waals surface area contributed by atoms with E-state index in [1.54, 1.807) is 29.8 Å². The van der Waals surface area contributed by atoms with Crippen LogP contribution >= 0.6 is 11.3 Å². The van der Waals surface area contributed by atoms with Gasteiger partial charge in [0.15, 0.2) is 11.5 Å². The van der Waals surface area contributed by atoms with Crippen molar-refractivity contribution in [1.82, 2.24) is 19.9 Å². The summed E-state index contributed by atoms with van der Waals surface area (Å²) in [6.45, 7) is 1.82. The maximum Gasteiger partial charge on any atom is 0.261 e. The Kier molecular flexibility index (Phi) is 4.52. The topological polar surface area (TPSA) is 85.3 Å². The van der Waals surface area contributed by atoms with E-state index in [1.807, 2.05) is 6.92 Å². The number of hydrogen-bond acceptors (Lipinski definition) is 5. The number of carbonyl (C=O) groups excluding carboxylic acids is 1. The monoisotopic (exact) mass is 399 g/mol. The summed E-state index contributed by atoms with van der Waals surface area (Å²) in [5, 5.41) is 8.56. The van der Waals surface area contributed by atoms with Crippen molar-refractivity contribution in [3.8, 4) is 11.1 Å². The van der Waals surface area contributed by atoms with E-state index < -0.39 is 5.82 Å². The van der Waals surface area contributed by atoms with Gasteiger partial charge in [-0.3, -0.25) is 4.79 Å². The molecular formula is C19H15F2N5OS. The van der Waals surface area contributed by atoms with Crippen molar-refractivity contribution in [3.05, 3.63) is 70.1 Å². The van der Waals surface area contributed by atoms with Gasteiger partial charge in [-0.05, 0) is 47.7 Å². The summed E-state index contributed by atoms with van der Waals surface area (Å²) in [5.41, 5.74) is 7.58. The van der Waals surface area contributed by atoms with Gasteiger partial charge < -0.3 is 11.1 Å². The summed E-state index contributed by atoms with van der Waals surface area (Å²) in [7, 11) is 0. The van der Waals surface area contributed by atoms with Gasteiger partial charge in [0.25, 0.3) is 5.91 Å². The first kappa shape index (κ1) is 18.1. The quantitative estimate of drug-likeness (QED) is 0.546. The molecule has 0 saturated carbocycles. The van der Waals surface area contributed by atoms with Crippen molar-refractivity contribution in [2.75, 3.05) is 5.73 Å². The van der Waals surface area contributed by atoms with E-state index in [1.165, 1.54) is 34.1 Å². The second-order valence-electron chi connectivity index (χ2n) is 6.26. The fraction of sp³-hybridized carbons (Fsp3) is 0.105. The number of nitrogens with one attached hydrogen (secondary N) is 1. The van der Waals surface area contributed by atoms with Gasteiger partial charge in [-0.1, -0.05) is 12.1 Å². The SMILES string of the molecule is C[C@H](NC(=O)c1cc(-c2cc(F)c3nc(N)nn3c2)cs1)c1ccc(F)cc1. The minimum atomic E-state index is -0.552. The van der Waals surface area contributed by atoms with Crippen LogP contribution in [0.2, 0.25) is 0 Å². The van der Waals surface area contributed by atoms with Crippen molar-refractivity contribution in [2.24, 2.45) is 0 Å². The van der Waals surface area contributed by atoms with Gasteiger partial charge in [-0.15, -0.1) is 16.4 Å². The molecule has 0 aliphatic rings. The molecule has 1 amide bonds. The Labute approximate surface area is 162 Å². The first-order valence-corrected chi connectivity index (χ1v) is 9.25. The number of anilines is 1. The molecule has 3 aromatic heterocycles. The number of nitrogens with zero attached hydrogens (tertiary/aromatic N) is 3. The van der Waals surface area contributed by atoms with E-state index in [4.69, 9.17) is 5.73 Å². The number of benzene rings is 1. The number of amides is 1. The van der Waals surface area contributed by atoms with Crippen LogP contribution in [0.4, 0.5) is 14.7 Å². The minimum Gasteiger partial charge on any atom is -0.366 e. The minimum absolute atomic E-state index is 0.0174. The van der Waals surface area contributed by atoms with Gasteiger partial charge in [-0.2, -0.15) is 4.98 Å². The third kappa shape index (κ3) is 3.44. The summed E-state index contributed by atoms with van der Waals surface area (Å²) in [5.74, 6) is -1.16.